The smallest absolute Gasteiger partial charge is 0.315 e. The molecule has 1 atom stereocenters. The number of carbonyl (C=O) groups is 2. The number of amides is 2. The molecule has 4 nitrogen and oxygen atoms in total. The van der Waals surface area contributed by atoms with Crippen LogP contribution in [0.3, 0.4) is 0 Å². The second kappa shape index (κ2) is 2.47. The fourth-order valence-electron chi connectivity index (χ4n) is 2.09. The first kappa shape index (κ1) is 7.58. The largest absolute Gasteiger partial charge is 0.351 e. The van der Waals surface area contributed by atoms with E-state index in [-0.39, 0.29) is 18.4 Å². The van der Waals surface area contributed by atoms with Gasteiger partial charge in [0.25, 0.3) is 0 Å². The SMILES string of the molecule is NC(=O)N1CC(=O)[C]2CCCC21. The van der Waals surface area contributed by atoms with Crippen molar-refractivity contribution in [2.24, 2.45) is 5.73 Å². The quantitative estimate of drug-likeness (QED) is 0.555. The molecule has 2 aliphatic rings. The molecule has 0 bridgehead atoms. The monoisotopic (exact) mass is 167 g/mol. The van der Waals surface area contributed by atoms with Crippen LogP contribution in [0.4, 0.5) is 4.79 Å². The lowest BCUT2D eigenvalue weighted by Gasteiger charge is -2.19. The Hall–Kier alpha value is -1.06. The maximum Gasteiger partial charge on any atom is 0.315 e. The van der Waals surface area contributed by atoms with Crippen molar-refractivity contribution in [2.45, 2.75) is 25.3 Å². The molecule has 12 heavy (non-hydrogen) atoms. The zero-order chi connectivity index (χ0) is 8.72. The molecule has 1 unspecified atom stereocenters. The molecule has 0 aromatic heterocycles. The predicted molar refractivity (Wildman–Crippen MR) is 42.2 cm³/mol. The van der Waals surface area contributed by atoms with Gasteiger partial charge < -0.3 is 10.6 Å². The summed E-state index contributed by atoms with van der Waals surface area (Å²) in [4.78, 5) is 23.6. The summed E-state index contributed by atoms with van der Waals surface area (Å²) in [6.07, 6.45) is 2.77. The minimum atomic E-state index is -0.467. The van der Waals surface area contributed by atoms with E-state index in [2.05, 4.69) is 0 Å². The molecule has 2 N–H and O–H groups in total. The van der Waals surface area contributed by atoms with Crippen molar-refractivity contribution >= 4 is 11.8 Å². The highest BCUT2D eigenvalue weighted by Crippen LogP contribution is 2.36. The van der Waals surface area contributed by atoms with Gasteiger partial charge in [-0.05, 0) is 12.8 Å². The van der Waals surface area contributed by atoms with E-state index in [4.69, 9.17) is 5.73 Å². The molecule has 0 aromatic carbocycles. The van der Waals surface area contributed by atoms with Gasteiger partial charge in [-0.3, -0.25) is 4.79 Å². The molecule has 1 heterocycles. The van der Waals surface area contributed by atoms with Gasteiger partial charge in [0, 0.05) is 6.04 Å². The van der Waals surface area contributed by atoms with Crippen LogP contribution in [-0.4, -0.2) is 29.3 Å². The number of hydrogen-bond acceptors (Lipinski definition) is 2. The number of fused-ring (bicyclic) bond motifs is 1. The van der Waals surface area contributed by atoms with Crippen LogP contribution in [0.2, 0.25) is 0 Å². The third-order valence-corrected chi connectivity index (χ3v) is 2.66. The van der Waals surface area contributed by atoms with Crippen molar-refractivity contribution < 1.29 is 9.59 Å². The molecule has 65 valence electrons. The van der Waals surface area contributed by atoms with E-state index in [1.807, 2.05) is 0 Å². The summed E-state index contributed by atoms with van der Waals surface area (Å²) in [5, 5.41) is 0. The first-order chi connectivity index (χ1) is 5.70. The maximum atomic E-state index is 11.3. The van der Waals surface area contributed by atoms with Crippen LogP contribution >= 0.6 is 0 Å². The highest BCUT2D eigenvalue weighted by Gasteiger charge is 2.45. The second-order valence-corrected chi connectivity index (χ2v) is 3.32. The Morgan fingerprint density at radius 3 is 3.00 bits per heavy atom. The Bertz CT molecular complexity index is 239. The molecule has 2 amide bonds. The minimum Gasteiger partial charge on any atom is -0.351 e. The standard InChI is InChI=1S/C8H11N2O2/c9-8(12)10-4-7(11)5-2-1-3-6(5)10/h6H,1-4H2,(H2,9,12). The number of Topliss-reactive ketones (excluding diaryl/α,β-unsaturated/α-hetero) is 1. The van der Waals surface area contributed by atoms with Crippen molar-refractivity contribution in [3.8, 4) is 0 Å². The van der Waals surface area contributed by atoms with Crippen molar-refractivity contribution in [3.63, 3.8) is 0 Å². The molecule has 4 heteroatoms. The molecule has 2 fully saturated rings. The van der Waals surface area contributed by atoms with Crippen molar-refractivity contribution in [1.29, 1.82) is 0 Å². The first-order valence-electron chi connectivity index (χ1n) is 4.15. The third-order valence-electron chi connectivity index (χ3n) is 2.66. The fourth-order valence-corrected chi connectivity index (χ4v) is 2.09. The molecule has 1 aliphatic carbocycles. The van der Waals surface area contributed by atoms with Gasteiger partial charge in [-0.25, -0.2) is 4.79 Å². The summed E-state index contributed by atoms with van der Waals surface area (Å²) >= 11 is 0. The van der Waals surface area contributed by atoms with Gasteiger partial charge in [0.1, 0.15) is 0 Å². The first-order valence-corrected chi connectivity index (χ1v) is 4.15. The average molecular weight is 167 g/mol. The van der Waals surface area contributed by atoms with Gasteiger partial charge in [0.2, 0.25) is 0 Å². The average Bonchev–Trinajstić information content (AvgIpc) is 2.53. The Morgan fingerprint density at radius 2 is 2.33 bits per heavy atom. The Balaban J connectivity index is 2.20. The van der Waals surface area contributed by atoms with E-state index >= 15 is 0 Å². The van der Waals surface area contributed by atoms with Gasteiger partial charge >= 0.3 is 6.03 Å². The van der Waals surface area contributed by atoms with Crippen LogP contribution in [0.5, 0.6) is 0 Å². The van der Waals surface area contributed by atoms with Gasteiger partial charge in [-0.1, -0.05) is 6.42 Å². The van der Waals surface area contributed by atoms with E-state index in [1.54, 1.807) is 0 Å². The van der Waals surface area contributed by atoms with Crippen LogP contribution in [-0.2, 0) is 4.79 Å². The highest BCUT2D eigenvalue weighted by molar-refractivity contribution is 6.00. The highest BCUT2D eigenvalue weighted by atomic mass is 16.2. The zero-order valence-electron chi connectivity index (χ0n) is 6.75. The van der Waals surface area contributed by atoms with Crippen LogP contribution in [0.1, 0.15) is 19.3 Å². The Labute approximate surface area is 70.7 Å². The number of rotatable bonds is 0. The van der Waals surface area contributed by atoms with Gasteiger partial charge in [0.05, 0.1) is 12.5 Å². The Kier molecular flexibility index (Phi) is 1.56. The van der Waals surface area contributed by atoms with Gasteiger partial charge in [0.15, 0.2) is 5.78 Å². The summed E-state index contributed by atoms with van der Waals surface area (Å²) in [6.45, 7) is 0.204. The maximum absolute atomic E-state index is 11.3. The topological polar surface area (TPSA) is 63.4 Å². The van der Waals surface area contributed by atoms with Gasteiger partial charge in [-0.15, -0.1) is 0 Å². The van der Waals surface area contributed by atoms with E-state index in [1.165, 1.54) is 4.90 Å². The van der Waals surface area contributed by atoms with Crippen LogP contribution in [0.25, 0.3) is 0 Å². The van der Waals surface area contributed by atoms with E-state index < -0.39 is 6.03 Å². The number of hydrogen-bond donors (Lipinski definition) is 1. The second-order valence-electron chi connectivity index (χ2n) is 3.32. The minimum absolute atomic E-state index is 0.0370. The number of nitrogens with zero attached hydrogens (tertiary/aromatic N) is 1. The van der Waals surface area contributed by atoms with Crippen LogP contribution in [0, 0.1) is 5.92 Å². The van der Waals surface area contributed by atoms with Crippen LogP contribution in [0.15, 0.2) is 0 Å². The number of urea groups is 1. The van der Waals surface area contributed by atoms with E-state index in [0.29, 0.717) is 0 Å². The lowest BCUT2D eigenvalue weighted by atomic mass is 10.0. The van der Waals surface area contributed by atoms with E-state index in [0.717, 1.165) is 25.2 Å². The summed E-state index contributed by atoms with van der Waals surface area (Å²) in [5.74, 6) is 1.02. The van der Waals surface area contributed by atoms with Crippen LogP contribution < -0.4 is 5.73 Å². The zero-order valence-corrected chi connectivity index (χ0v) is 6.75. The summed E-state index contributed by atoms with van der Waals surface area (Å²) in [5.41, 5.74) is 5.14. The number of likely N-dealkylation sites (tertiary alicyclic amines) is 1. The number of nitrogens with two attached hydrogens (primary N) is 1. The third kappa shape index (κ3) is 0.906. The normalized spacial score (nSPS) is 29.5. The molecule has 2 rings (SSSR count). The molecular weight excluding hydrogens is 156 g/mol. The predicted octanol–water partition coefficient (Wildman–Crippen LogP) is 0.0768. The summed E-state index contributed by atoms with van der Waals surface area (Å²) in [6, 6.07) is -0.430. The lowest BCUT2D eigenvalue weighted by Crippen LogP contribution is -2.39. The molecular formula is C8H11N2O2. The van der Waals surface area contributed by atoms with Gasteiger partial charge in [-0.2, -0.15) is 0 Å². The van der Waals surface area contributed by atoms with Crippen molar-refractivity contribution in [3.05, 3.63) is 5.92 Å². The van der Waals surface area contributed by atoms with Crippen molar-refractivity contribution in [2.75, 3.05) is 6.54 Å². The molecule has 0 spiro atoms. The molecule has 0 aromatic rings. The molecule has 1 saturated heterocycles. The Morgan fingerprint density at radius 1 is 1.58 bits per heavy atom. The molecule has 1 saturated carbocycles. The molecule has 1 aliphatic heterocycles. The lowest BCUT2D eigenvalue weighted by molar-refractivity contribution is -0.115. The number of ketones is 1. The van der Waals surface area contributed by atoms with E-state index in [9.17, 15) is 9.59 Å². The van der Waals surface area contributed by atoms with Crippen molar-refractivity contribution in [1.82, 2.24) is 4.90 Å². The summed E-state index contributed by atoms with van der Waals surface area (Å²) < 4.78 is 0. The molecule has 1 radical (unpaired) electrons. The number of carbonyl (C=O) groups excluding carboxylic acids is 2. The summed E-state index contributed by atoms with van der Waals surface area (Å²) in [7, 11) is 0. The fraction of sp³-hybridized carbons (Fsp3) is 0.625. The number of primary amides is 1.